The summed E-state index contributed by atoms with van der Waals surface area (Å²) in [5.74, 6) is 5.93. The van der Waals surface area contributed by atoms with Crippen molar-refractivity contribution in [3.63, 3.8) is 0 Å². The highest BCUT2D eigenvalue weighted by atomic mass is 16.1. The molecule has 2 aromatic rings. The second kappa shape index (κ2) is 5.37. The first-order valence-electron chi connectivity index (χ1n) is 5.64. The molecule has 0 spiro atoms. The number of carbonyl (C=O) groups excluding carboxylic acids is 1. The van der Waals surface area contributed by atoms with E-state index >= 15 is 0 Å². The molecule has 0 aliphatic rings. The van der Waals surface area contributed by atoms with Crippen LogP contribution in [-0.2, 0) is 11.8 Å². The topological polar surface area (TPSA) is 112 Å². The second-order valence-corrected chi connectivity index (χ2v) is 3.89. The molecule has 2 rings (SSSR count). The highest BCUT2D eigenvalue weighted by molar-refractivity contribution is 5.92. The molecule has 7 nitrogen and oxygen atoms in total. The van der Waals surface area contributed by atoms with Crippen molar-refractivity contribution in [2.45, 2.75) is 0 Å². The van der Waals surface area contributed by atoms with Crippen LogP contribution in [0.5, 0.6) is 0 Å². The summed E-state index contributed by atoms with van der Waals surface area (Å²) >= 11 is 0. The first-order chi connectivity index (χ1) is 9.13. The lowest BCUT2D eigenvalue weighted by atomic mass is 10.2. The van der Waals surface area contributed by atoms with Gasteiger partial charge >= 0.3 is 0 Å². The Balaban J connectivity index is 2.27. The van der Waals surface area contributed by atoms with Crippen molar-refractivity contribution in [2.24, 2.45) is 12.8 Å². The van der Waals surface area contributed by atoms with Crippen molar-refractivity contribution in [1.82, 2.24) is 19.9 Å². The van der Waals surface area contributed by atoms with Gasteiger partial charge < -0.3 is 21.4 Å². The van der Waals surface area contributed by atoms with Crippen molar-refractivity contribution >= 4 is 22.8 Å². The lowest BCUT2D eigenvalue weighted by Crippen LogP contribution is -2.30. The van der Waals surface area contributed by atoms with Crippen LogP contribution in [0.25, 0.3) is 11.0 Å². The van der Waals surface area contributed by atoms with Gasteiger partial charge in [0.05, 0.1) is 24.0 Å². The third kappa shape index (κ3) is 2.64. The van der Waals surface area contributed by atoms with Crippen molar-refractivity contribution in [3.05, 3.63) is 18.1 Å². The number of amides is 1. The summed E-state index contributed by atoms with van der Waals surface area (Å²) in [5, 5.41) is 3.29. The Morgan fingerprint density at radius 2 is 2.32 bits per heavy atom. The molecular weight excluding hydrogens is 244 g/mol. The third-order valence-electron chi connectivity index (χ3n) is 2.57. The van der Waals surface area contributed by atoms with E-state index in [9.17, 15) is 4.79 Å². The predicted octanol–water partition coefficient (Wildman–Crippen LogP) is -1.02. The van der Waals surface area contributed by atoms with Crippen LogP contribution in [0.15, 0.2) is 12.5 Å². The summed E-state index contributed by atoms with van der Waals surface area (Å²) in [6.07, 6.45) is 3.24. The van der Waals surface area contributed by atoms with Gasteiger partial charge in [-0.1, -0.05) is 11.8 Å². The number of anilines is 1. The second-order valence-electron chi connectivity index (χ2n) is 3.89. The Kier molecular flexibility index (Phi) is 3.63. The van der Waals surface area contributed by atoms with E-state index in [-0.39, 0.29) is 19.0 Å². The molecule has 0 atom stereocenters. The molecule has 0 aromatic carbocycles. The smallest absolute Gasteiger partial charge is 0.234 e. The first kappa shape index (κ1) is 12.9. The van der Waals surface area contributed by atoms with E-state index in [1.54, 1.807) is 0 Å². The fourth-order valence-corrected chi connectivity index (χ4v) is 1.68. The monoisotopic (exact) mass is 258 g/mol. The number of nitrogens with one attached hydrogen (secondary N) is 1. The molecule has 0 saturated heterocycles. The largest absolute Gasteiger partial charge is 0.383 e. The molecule has 1 amide bonds. The zero-order valence-corrected chi connectivity index (χ0v) is 10.5. The number of nitrogens with two attached hydrogens (primary N) is 2. The summed E-state index contributed by atoms with van der Waals surface area (Å²) < 4.78 is 1.83. The molecule has 0 aliphatic carbocycles. The lowest BCUT2D eigenvalue weighted by molar-refractivity contribution is -0.119. The zero-order chi connectivity index (χ0) is 13.8. The zero-order valence-electron chi connectivity index (χ0n) is 10.5. The van der Waals surface area contributed by atoms with Crippen LogP contribution in [0.3, 0.4) is 0 Å². The summed E-state index contributed by atoms with van der Waals surface area (Å²) in [7, 11) is 1.86. The van der Waals surface area contributed by atoms with Gasteiger partial charge in [-0.3, -0.25) is 4.79 Å². The Morgan fingerprint density at radius 3 is 3.05 bits per heavy atom. The standard InChI is InChI=1S/C12H14N6O/c1-18-6-8(3-2-4-15-9(19)5-13)10-11(14)16-7-17-12(10)18/h6-7H,4-5,13H2,1H3,(H,15,19)(H2,14,16,17). The Morgan fingerprint density at radius 1 is 1.53 bits per heavy atom. The summed E-state index contributed by atoms with van der Waals surface area (Å²) in [5.41, 5.74) is 12.5. The quantitative estimate of drug-likeness (QED) is 0.597. The van der Waals surface area contributed by atoms with Crippen LogP contribution >= 0.6 is 0 Å². The minimum absolute atomic E-state index is 0.0449. The molecule has 0 saturated carbocycles. The number of aryl methyl sites for hydroxylation is 1. The first-order valence-corrected chi connectivity index (χ1v) is 5.64. The van der Waals surface area contributed by atoms with Crippen molar-refractivity contribution in [1.29, 1.82) is 0 Å². The van der Waals surface area contributed by atoms with Crippen LogP contribution < -0.4 is 16.8 Å². The maximum Gasteiger partial charge on any atom is 0.234 e. The van der Waals surface area contributed by atoms with Gasteiger partial charge in [-0.05, 0) is 0 Å². The van der Waals surface area contributed by atoms with E-state index in [0.717, 1.165) is 16.6 Å². The number of rotatable bonds is 2. The Hall–Kier alpha value is -2.59. The number of hydrogen-bond donors (Lipinski definition) is 3. The highest BCUT2D eigenvalue weighted by Gasteiger charge is 2.09. The normalized spacial score (nSPS) is 10.0. The SMILES string of the molecule is Cn1cc(C#CCNC(=O)CN)c2c(N)ncnc21. The molecule has 5 N–H and O–H groups in total. The van der Waals surface area contributed by atoms with Gasteiger partial charge in [0.25, 0.3) is 0 Å². The minimum atomic E-state index is -0.241. The van der Waals surface area contributed by atoms with Crippen LogP contribution in [0, 0.1) is 11.8 Å². The van der Waals surface area contributed by atoms with Crippen LogP contribution in [-0.4, -0.2) is 33.5 Å². The van der Waals surface area contributed by atoms with E-state index < -0.39 is 0 Å². The van der Waals surface area contributed by atoms with Gasteiger partial charge in [-0.15, -0.1) is 0 Å². The van der Waals surface area contributed by atoms with Crippen molar-refractivity contribution in [2.75, 3.05) is 18.8 Å². The molecule has 0 radical (unpaired) electrons. The molecule has 0 fully saturated rings. The van der Waals surface area contributed by atoms with E-state index in [1.807, 2.05) is 17.8 Å². The fourth-order valence-electron chi connectivity index (χ4n) is 1.68. The summed E-state index contributed by atoms with van der Waals surface area (Å²) in [6.45, 7) is 0.191. The molecule has 0 aliphatic heterocycles. The maximum atomic E-state index is 10.9. The molecule has 98 valence electrons. The molecule has 2 aromatic heterocycles. The molecular formula is C12H14N6O. The van der Waals surface area contributed by atoms with Crippen LogP contribution in [0.4, 0.5) is 5.82 Å². The van der Waals surface area contributed by atoms with Gasteiger partial charge in [0, 0.05) is 13.2 Å². The van der Waals surface area contributed by atoms with Crippen molar-refractivity contribution in [3.8, 4) is 11.8 Å². The van der Waals surface area contributed by atoms with Gasteiger partial charge in [0.1, 0.15) is 17.8 Å². The number of carbonyl (C=O) groups is 1. The van der Waals surface area contributed by atoms with Gasteiger partial charge in [0.2, 0.25) is 5.91 Å². The lowest BCUT2D eigenvalue weighted by Gasteiger charge is -1.96. The van der Waals surface area contributed by atoms with E-state index in [1.165, 1.54) is 6.33 Å². The predicted molar refractivity (Wildman–Crippen MR) is 71.9 cm³/mol. The summed E-state index contributed by atoms with van der Waals surface area (Å²) in [4.78, 5) is 19.0. The van der Waals surface area contributed by atoms with Gasteiger partial charge in [-0.2, -0.15) is 0 Å². The van der Waals surface area contributed by atoms with Gasteiger partial charge in [-0.25, -0.2) is 9.97 Å². The van der Waals surface area contributed by atoms with Gasteiger partial charge in [0.15, 0.2) is 0 Å². The minimum Gasteiger partial charge on any atom is -0.383 e. The Labute approximate surface area is 110 Å². The number of aromatic nitrogens is 3. The van der Waals surface area contributed by atoms with E-state index in [4.69, 9.17) is 11.5 Å². The average molecular weight is 258 g/mol. The number of fused-ring (bicyclic) bond motifs is 1. The van der Waals surface area contributed by atoms with E-state index in [0.29, 0.717) is 5.82 Å². The van der Waals surface area contributed by atoms with Crippen LogP contribution in [0.2, 0.25) is 0 Å². The molecule has 2 heterocycles. The molecule has 7 heteroatoms. The van der Waals surface area contributed by atoms with E-state index in [2.05, 4.69) is 27.1 Å². The van der Waals surface area contributed by atoms with Crippen LogP contribution in [0.1, 0.15) is 5.56 Å². The number of hydrogen-bond acceptors (Lipinski definition) is 5. The fraction of sp³-hybridized carbons (Fsp3) is 0.250. The van der Waals surface area contributed by atoms with Crippen molar-refractivity contribution < 1.29 is 4.79 Å². The number of nitrogen functional groups attached to an aromatic ring is 1. The third-order valence-corrected chi connectivity index (χ3v) is 2.57. The molecule has 19 heavy (non-hydrogen) atoms. The number of nitrogens with zero attached hydrogens (tertiary/aromatic N) is 3. The molecule has 0 bridgehead atoms. The molecule has 0 unspecified atom stereocenters. The highest BCUT2D eigenvalue weighted by Crippen LogP contribution is 2.21. The summed E-state index contributed by atoms with van der Waals surface area (Å²) in [6, 6.07) is 0. The maximum absolute atomic E-state index is 10.9. The average Bonchev–Trinajstić information content (AvgIpc) is 2.73. The Bertz CT molecular complexity index is 679.